The third kappa shape index (κ3) is 3.08. The highest BCUT2D eigenvalue weighted by Gasteiger charge is 2.23. The van der Waals surface area contributed by atoms with Crippen LogP contribution >= 0.6 is 15.9 Å². The van der Waals surface area contributed by atoms with E-state index in [2.05, 4.69) is 74.8 Å². The lowest BCUT2D eigenvalue weighted by Gasteiger charge is -2.24. The molecule has 2 N–H and O–H groups in total. The molecule has 0 fully saturated rings. The summed E-state index contributed by atoms with van der Waals surface area (Å²) in [6.07, 6.45) is 4.74. The van der Waals surface area contributed by atoms with Crippen molar-refractivity contribution in [2.75, 3.05) is 6.54 Å². The van der Waals surface area contributed by atoms with Crippen LogP contribution in [-0.2, 0) is 12.8 Å². The zero-order valence-corrected chi connectivity index (χ0v) is 14.7. The van der Waals surface area contributed by atoms with Crippen molar-refractivity contribution >= 4 is 26.8 Å². The van der Waals surface area contributed by atoms with E-state index in [0.29, 0.717) is 6.04 Å². The normalized spacial score (nSPS) is 17.3. The number of aryl methyl sites for hydroxylation is 1. The second-order valence-electron chi connectivity index (χ2n) is 6.34. The average Bonchev–Trinajstić information content (AvgIpc) is 2.95. The minimum absolute atomic E-state index is 0.452. The second kappa shape index (κ2) is 6.50. The summed E-state index contributed by atoms with van der Waals surface area (Å²) >= 11 is 3.60. The molecular weight excluding hydrogens is 348 g/mol. The lowest BCUT2D eigenvalue weighted by Crippen LogP contribution is -2.27. The number of halogens is 1. The predicted octanol–water partition coefficient (Wildman–Crippen LogP) is 5.14. The Balaban J connectivity index is 1.52. The molecule has 3 heteroatoms. The molecular formula is C20H21BrN2. The molecule has 23 heavy (non-hydrogen) atoms. The van der Waals surface area contributed by atoms with Gasteiger partial charge >= 0.3 is 0 Å². The van der Waals surface area contributed by atoms with Gasteiger partial charge in [-0.15, -0.1) is 0 Å². The molecule has 3 aromatic rings. The number of rotatable bonds is 4. The number of aromatic amines is 1. The van der Waals surface area contributed by atoms with Crippen LogP contribution in [0, 0.1) is 0 Å². The van der Waals surface area contributed by atoms with Crippen molar-refractivity contribution in [3.63, 3.8) is 0 Å². The maximum absolute atomic E-state index is 3.76. The first-order valence-corrected chi connectivity index (χ1v) is 9.18. The monoisotopic (exact) mass is 368 g/mol. The first-order chi connectivity index (χ1) is 11.3. The van der Waals surface area contributed by atoms with Crippen LogP contribution in [0.4, 0.5) is 0 Å². The van der Waals surface area contributed by atoms with E-state index in [0.717, 1.165) is 17.4 Å². The fraction of sp³-hybridized carbons (Fsp3) is 0.300. The Bertz CT molecular complexity index is 807. The predicted molar refractivity (Wildman–Crippen MR) is 99.8 cm³/mol. The van der Waals surface area contributed by atoms with Gasteiger partial charge in [-0.1, -0.05) is 46.3 Å². The highest BCUT2D eigenvalue weighted by molar-refractivity contribution is 9.10. The van der Waals surface area contributed by atoms with Gasteiger partial charge in [0, 0.05) is 27.1 Å². The highest BCUT2D eigenvalue weighted by atomic mass is 79.9. The van der Waals surface area contributed by atoms with E-state index < -0.39 is 0 Å². The van der Waals surface area contributed by atoms with Gasteiger partial charge in [0.15, 0.2) is 0 Å². The van der Waals surface area contributed by atoms with Crippen molar-refractivity contribution in [3.8, 4) is 0 Å². The van der Waals surface area contributed by atoms with E-state index >= 15 is 0 Å². The van der Waals surface area contributed by atoms with E-state index in [4.69, 9.17) is 0 Å². The molecule has 0 saturated heterocycles. The molecule has 2 nitrogen and oxygen atoms in total. The summed E-state index contributed by atoms with van der Waals surface area (Å²) < 4.78 is 1.16. The van der Waals surface area contributed by atoms with Crippen molar-refractivity contribution in [3.05, 3.63) is 69.8 Å². The lowest BCUT2D eigenvalue weighted by atomic mass is 9.91. The summed E-state index contributed by atoms with van der Waals surface area (Å²) in [5, 5.41) is 5.14. The summed E-state index contributed by atoms with van der Waals surface area (Å²) in [5.74, 6) is 0. The number of hydrogen-bond donors (Lipinski definition) is 2. The van der Waals surface area contributed by atoms with Crippen LogP contribution in [0.15, 0.2) is 53.0 Å². The van der Waals surface area contributed by atoms with Gasteiger partial charge in [0.2, 0.25) is 0 Å². The second-order valence-corrected chi connectivity index (χ2v) is 7.26. The Morgan fingerprint density at radius 2 is 2.00 bits per heavy atom. The number of H-pyrrole nitrogens is 1. The maximum atomic E-state index is 3.76. The topological polar surface area (TPSA) is 27.8 Å². The van der Waals surface area contributed by atoms with Crippen molar-refractivity contribution < 1.29 is 0 Å². The largest absolute Gasteiger partial charge is 0.357 e. The maximum Gasteiger partial charge on any atom is 0.0476 e. The quantitative estimate of drug-likeness (QED) is 0.655. The molecule has 1 aliphatic rings. The Labute approximate surface area is 145 Å². The Hall–Kier alpha value is -1.58. The van der Waals surface area contributed by atoms with Crippen LogP contribution < -0.4 is 5.32 Å². The first-order valence-electron chi connectivity index (χ1n) is 8.38. The number of nitrogens with one attached hydrogen (secondary N) is 2. The van der Waals surface area contributed by atoms with Crippen LogP contribution in [0.25, 0.3) is 10.9 Å². The van der Waals surface area contributed by atoms with Crippen molar-refractivity contribution in [2.24, 2.45) is 0 Å². The minimum Gasteiger partial charge on any atom is -0.357 e. The van der Waals surface area contributed by atoms with Gasteiger partial charge in [-0.25, -0.2) is 0 Å². The fourth-order valence-electron chi connectivity index (χ4n) is 3.67. The van der Waals surface area contributed by atoms with Gasteiger partial charge in [-0.2, -0.15) is 0 Å². The molecule has 1 aliphatic carbocycles. The van der Waals surface area contributed by atoms with Crippen LogP contribution in [0.1, 0.15) is 35.7 Å². The Morgan fingerprint density at radius 3 is 2.87 bits per heavy atom. The molecule has 0 amide bonds. The average molecular weight is 369 g/mol. The van der Waals surface area contributed by atoms with Crippen molar-refractivity contribution in [2.45, 2.75) is 31.7 Å². The zero-order valence-electron chi connectivity index (χ0n) is 13.1. The fourth-order valence-corrected chi connectivity index (χ4v) is 4.04. The van der Waals surface area contributed by atoms with Gasteiger partial charge in [0.25, 0.3) is 0 Å². The molecule has 0 aliphatic heterocycles. The molecule has 0 bridgehead atoms. The van der Waals surface area contributed by atoms with Gasteiger partial charge < -0.3 is 10.3 Å². The van der Waals surface area contributed by atoms with Crippen LogP contribution in [0.5, 0.6) is 0 Å². The summed E-state index contributed by atoms with van der Waals surface area (Å²) in [6.45, 7) is 1.02. The number of aromatic nitrogens is 1. The van der Waals surface area contributed by atoms with Crippen LogP contribution in [-0.4, -0.2) is 11.5 Å². The minimum atomic E-state index is 0.452. The molecule has 0 unspecified atom stereocenters. The summed E-state index contributed by atoms with van der Waals surface area (Å²) in [4.78, 5) is 3.66. The SMILES string of the molecule is Brc1ccc2[nH]c3c(c2c1)CCC[C@H]3NCCc1ccccc1. The van der Waals surface area contributed by atoms with Crippen LogP contribution in [0.3, 0.4) is 0 Å². The standard InChI is InChI=1S/C20H21BrN2/c21-15-9-10-18-17(13-15)16-7-4-8-19(20(16)23-18)22-12-11-14-5-2-1-3-6-14/h1-3,5-6,9-10,13,19,22-23H,4,7-8,11-12H2/t19-/m1/s1. The van der Waals surface area contributed by atoms with E-state index in [9.17, 15) is 0 Å². The van der Waals surface area contributed by atoms with Gasteiger partial charge in [0.1, 0.15) is 0 Å². The van der Waals surface area contributed by atoms with Crippen LogP contribution in [0.2, 0.25) is 0 Å². The molecule has 0 radical (unpaired) electrons. The molecule has 118 valence electrons. The molecule has 2 aromatic carbocycles. The molecule has 1 atom stereocenters. The smallest absolute Gasteiger partial charge is 0.0476 e. The molecule has 1 aromatic heterocycles. The Morgan fingerprint density at radius 1 is 1.13 bits per heavy atom. The zero-order chi connectivity index (χ0) is 15.6. The van der Waals surface area contributed by atoms with Gasteiger partial charge in [-0.3, -0.25) is 0 Å². The van der Waals surface area contributed by atoms with E-state index in [-0.39, 0.29) is 0 Å². The Kier molecular flexibility index (Phi) is 4.23. The number of benzene rings is 2. The van der Waals surface area contributed by atoms with E-state index in [1.165, 1.54) is 47.0 Å². The molecule has 0 saturated carbocycles. The van der Waals surface area contributed by atoms with E-state index in [1.54, 1.807) is 0 Å². The van der Waals surface area contributed by atoms with Gasteiger partial charge in [-0.05, 0) is 61.6 Å². The molecule has 1 heterocycles. The number of fused-ring (bicyclic) bond motifs is 3. The van der Waals surface area contributed by atoms with Crippen molar-refractivity contribution in [1.29, 1.82) is 0 Å². The summed E-state index contributed by atoms with van der Waals surface area (Å²) in [5.41, 5.74) is 5.56. The van der Waals surface area contributed by atoms with Crippen molar-refractivity contribution in [1.82, 2.24) is 10.3 Å². The number of hydrogen-bond acceptors (Lipinski definition) is 1. The summed E-state index contributed by atoms with van der Waals surface area (Å²) in [6, 6.07) is 17.7. The van der Waals surface area contributed by atoms with E-state index in [1.807, 2.05) is 0 Å². The molecule has 0 spiro atoms. The lowest BCUT2D eigenvalue weighted by molar-refractivity contribution is 0.456. The third-order valence-corrected chi connectivity index (χ3v) is 5.31. The highest BCUT2D eigenvalue weighted by Crippen LogP contribution is 2.35. The molecule has 4 rings (SSSR count). The first kappa shape index (κ1) is 15.0. The third-order valence-electron chi connectivity index (χ3n) is 4.82. The van der Waals surface area contributed by atoms with Gasteiger partial charge in [0.05, 0.1) is 0 Å². The summed E-state index contributed by atoms with van der Waals surface area (Å²) in [7, 11) is 0.